The molecule has 2 N–H and O–H groups in total. The molecule has 0 radical (unpaired) electrons. The summed E-state index contributed by atoms with van der Waals surface area (Å²) in [4.78, 5) is 0. The lowest BCUT2D eigenvalue weighted by Crippen LogP contribution is -2.60. The van der Waals surface area contributed by atoms with Crippen LogP contribution in [0.4, 0.5) is 0 Å². The number of aromatic nitrogens is 2. The normalized spacial score (nSPS) is 18.7. The molecule has 2 rings (SSSR count). The molecule has 5 nitrogen and oxygen atoms in total. The summed E-state index contributed by atoms with van der Waals surface area (Å²) in [6, 6.07) is 0. The smallest absolute Gasteiger partial charge is 0.214 e. The van der Waals surface area contributed by atoms with Crippen molar-refractivity contribution in [2.24, 2.45) is 7.05 Å². The van der Waals surface area contributed by atoms with Gasteiger partial charge in [0.2, 0.25) is 5.88 Å². The van der Waals surface area contributed by atoms with Gasteiger partial charge in [0.25, 0.3) is 0 Å². The first kappa shape index (κ1) is 10.4. The molecule has 0 bridgehead atoms. The lowest BCUT2D eigenvalue weighted by atomic mass is 9.89. The van der Waals surface area contributed by atoms with E-state index < -0.39 is 5.60 Å². The quantitative estimate of drug-likeness (QED) is 0.715. The number of nitrogens with one attached hydrogen (secondary N) is 1. The minimum atomic E-state index is -0.624. The number of methoxy groups -OCH3 is 1. The van der Waals surface area contributed by atoms with Crippen LogP contribution < -0.4 is 10.1 Å². The Kier molecular flexibility index (Phi) is 2.44. The number of hydrogen-bond acceptors (Lipinski definition) is 4. The number of rotatable bonds is 3. The van der Waals surface area contributed by atoms with Gasteiger partial charge in [-0.3, -0.25) is 0 Å². The molecule has 5 heteroatoms. The predicted octanol–water partition coefficient (Wildman–Crippen LogP) is -0.386. The first-order chi connectivity index (χ1) is 7.06. The van der Waals surface area contributed by atoms with Crippen LogP contribution >= 0.6 is 0 Å². The Labute approximate surface area is 89.0 Å². The molecule has 0 saturated carbocycles. The number of nitrogens with zero attached hydrogens (tertiary/aromatic N) is 2. The Bertz CT molecular complexity index is 369. The summed E-state index contributed by atoms with van der Waals surface area (Å²) in [6.07, 6.45) is 0.600. The van der Waals surface area contributed by atoms with Gasteiger partial charge in [-0.2, -0.15) is 5.10 Å². The predicted molar refractivity (Wildman–Crippen MR) is 56.0 cm³/mol. The molecule has 0 unspecified atom stereocenters. The molecule has 0 aliphatic carbocycles. The Hall–Kier alpha value is -1.07. The van der Waals surface area contributed by atoms with Gasteiger partial charge in [0.15, 0.2) is 0 Å². The number of aliphatic hydroxyl groups is 1. The van der Waals surface area contributed by atoms with Gasteiger partial charge in [0.1, 0.15) is 0 Å². The van der Waals surface area contributed by atoms with Crippen LogP contribution in [0.25, 0.3) is 0 Å². The number of aryl methyl sites for hydroxylation is 2. The lowest BCUT2D eigenvalue weighted by Gasteiger charge is -2.37. The third-order valence-corrected chi connectivity index (χ3v) is 2.90. The molecule has 0 spiro atoms. The molecule has 1 aromatic rings. The molecular weight excluding hydrogens is 194 g/mol. The molecule has 0 aromatic carbocycles. The summed E-state index contributed by atoms with van der Waals surface area (Å²) in [7, 11) is 3.47. The molecule has 1 aliphatic rings. The topological polar surface area (TPSA) is 59.3 Å². The summed E-state index contributed by atoms with van der Waals surface area (Å²) in [5, 5.41) is 17.4. The fourth-order valence-corrected chi connectivity index (χ4v) is 2.01. The molecule has 1 aromatic heterocycles. The first-order valence-corrected chi connectivity index (χ1v) is 5.05. The van der Waals surface area contributed by atoms with E-state index in [2.05, 4.69) is 10.4 Å². The van der Waals surface area contributed by atoms with Gasteiger partial charge < -0.3 is 15.2 Å². The van der Waals surface area contributed by atoms with Crippen molar-refractivity contribution in [2.75, 3.05) is 20.2 Å². The highest BCUT2D eigenvalue weighted by molar-refractivity contribution is 5.33. The van der Waals surface area contributed by atoms with Gasteiger partial charge in [-0.1, -0.05) is 0 Å². The van der Waals surface area contributed by atoms with Crippen molar-refractivity contribution in [2.45, 2.75) is 18.9 Å². The second-order valence-corrected chi connectivity index (χ2v) is 4.20. The van der Waals surface area contributed by atoms with E-state index in [-0.39, 0.29) is 0 Å². The third kappa shape index (κ3) is 1.72. The molecule has 2 heterocycles. The van der Waals surface area contributed by atoms with Crippen LogP contribution in [0.5, 0.6) is 5.88 Å². The Balaban J connectivity index is 2.26. The summed E-state index contributed by atoms with van der Waals surface area (Å²) < 4.78 is 6.99. The van der Waals surface area contributed by atoms with E-state index in [1.807, 2.05) is 14.0 Å². The van der Waals surface area contributed by atoms with Gasteiger partial charge in [-0.25, -0.2) is 4.68 Å². The van der Waals surface area contributed by atoms with Crippen molar-refractivity contribution in [3.8, 4) is 5.88 Å². The SMILES string of the molecule is COc1c(CC2(O)CNC2)c(C)nn1C. The van der Waals surface area contributed by atoms with Crippen LogP contribution in [0.2, 0.25) is 0 Å². The zero-order valence-corrected chi connectivity index (χ0v) is 9.37. The van der Waals surface area contributed by atoms with Crippen molar-refractivity contribution in [1.82, 2.24) is 15.1 Å². The summed E-state index contributed by atoms with van der Waals surface area (Å²) in [6.45, 7) is 3.22. The average Bonchev–Trinajstić information content (AvgIpc) is 2.39. The van der Waals surface area contributed by atoms with Gasteiger partial charge in [-0.05, 0) is 6.92 Å². The van der Waals surface area contributed by atoms with Crippen LogP contribution in [-0.2, 0) is 13.5 Å². The fraction of sp³-hybridized carbons (Fsp3) is 0.700. The largest absolute Gasteiger partial charge is 0.481 e. The van der Waals surface area contributed by atoms with E-state index in [9.17, 15) is 5.11 Å². The average molecular weight is 211 g/mol. The van der Waals surface area contributed by atoms with Gasteiger partial charge >= 0.3 is 0 Å². The second kappa shape index (κ2) is 3.50. The Morgan fingerprint density at radius 2 is 2.27 bits per heavy atom. The first-order valence-electron chi connectivity index (χ1n) is 5.05. The molecule has 0 amide bonds. The van der Waals surface area contributed by atoms with Crippen LogP contribution in [0.15, 0.2) is 0 Å². The van der Waals surface area contributed by atoms with E-state index in [0.29, 0.717) is 19.5 Å². The summed E-state index contributed by atoms with van der Waals surface area (Å²) >= 11 is 0. The maximum Gasteiger partial charge on any atom is 0.214 e. The lowest BCUT2D eigenvalue weighted by molar-refractivity contribution is -0.00959. The van der Waals surface area contributed by atoms with E-state index >= 15 is 0 Å². The molecule has 1 saturated heterocycles. The third-order valence-electron chi connectivity index (χ3n) is 2.90. The number of ether oxygens (including phenoxy) is 1. The molecule has 0 atom stereocenters. The van der Waals surface area contributed by atoms with Crippen LogP contribution in [-0.4, -0.2) is 40.7 Å². The number of β-amino-alcohol motifs (C(OH)–C–C–N with tert-alkyl or cyclic N) is 1. The molecule has 1 aliphatic heterocycles. The Morgan fingerprint density at radius 1 is 1.60 bits per heavy atom. The van der Waals surface area contributed by atoms with Crippen molar-refractivity contribution in [3.63, 3.8) is 0 Å². The second-order valence-electron chi connectivity index (χ2n) is 4.20. The molecule has 1 fully saturated rings. The van der Waals surface area contributed by atoms with E-state index in [0.717, 1.165) is 17.1 Å². The Morgan fingerprint density at radius 3 is 2.73 bits per heavy atom. The molecule has 84 valence electrons. The maximum absolute atomic E-state index is 10.1. The van der Waals surface area contributed by atoms with Gasteiger partial charge in [-0.15, -0.1) is 0 Å². The van der Waals surface area contributed by atoms with Crippen LogP contribution in [0.3, 0.4) is 0 Å². The van der Waals surface area contributed by atoms with Crippen molar-refractivity contribution in [3.05, 3.63) is 11.3 Å². The number of hydrogen-bond donors (Lipinski definition) is 2. The van der Waals surface area contributed by atoms with Gasteiger partial charge in [0.05, 0.1) is 18.4 Å². The zero-order valence-electron chi connectivity index (χ0n) is 9.37. The van der Waals surface area contributed by atoms with Gasteiger partial charge in [0, 0.05) is 32.1 Å². The van der Waals surface area contributed by atoms with Crippen LogP contribution in [0.1, 0.15) is 11.3 Å². The van der Waals surface area contributed by atoms with E-state index in [1.54, 1.807) is 11.8 Å². The van der Waals surface area contributed by atoms with Crippen molar-refractivity contribution in [1.29, 1.82) is 0 Å². The van der Waals surface area contributed by atoms with E-state index in [1.165, 1.54) is 0 Å². The summed E-state index contributed by atoms with van der Waals surface area (Å²) in [5.74, 6) is 0.743. The molecule has 15 heavy (non-hydrogen) atoms. The highest BCUT2D eigenvalue weighted by Gasteiger charge is 2.36. The highest BCUT2D eigenvalue weighted by atomic mass is 16.5. The van der Waals surface area contributed by atoms with Crippen LogP contribution in [0, 0.1) is 6.92 Å². The molecular formula is C10H17N3O2. The zero-order chi connectivity index (χ0) is 11.1. The highest BCUT2D eigenvalue weighted by Crippen LogP contribution is 2.27. The standard InChI is InChI=1S/C10H17N3O2/c1-7-8(4-10(14)5-11-6-10)9(15-3)13(2)12-7/h11,14H,4-6H2,1-3H3. The van der Waals surface area contributed by atoms with Crippen molar-refractivity contribution < 1.29 is 9.84 Å². The minimum Gasteiger partial charge on any atom is -0.481 e. The van der Waals surface area contributed by atoms with E-state index in [4.69, 9.17) is 4.74 Å². The van der Waals surface area contributed by atoms with Crippen molar-refractivity contribution >= 4 is 0 Å². The fourth-order valence-electron chi connectivity index (χ4n) is 2.01. The minimum absolute atomic E-state index is 0.600. The summed E-state index contributed by atoms with van der Waals surface area (Å²) in [5.41, 5.74) is 1.31. The monoisotopic (exact) mass is 211 g/mol. The maximum atomic E-state index is 10.1.